The summed E-state index contributed by atoms with van der Waals surface area (Å²) in [7, 11) is 0. The van der Waals surface area contributed by atoms with Gasteiger partial charge in [0.25, 0.3) is 0 Å². The number of urea groups is 1. The monoisotopic (exact) mass is 285 g/mol. The van der Waals surface area contributed by atoms with Gasteiger partial charge >= 0.3 is 12.0 Å². The van der Waals surface area contributed by atoms with Crippen LogP contribution < -0.4 is 11.2 Å². The van der Waals surface area contributed by atoms with E-state index in [1.54, 1.807) is 18.2 Å². The Labute approximate surface area is 99.3 Å². The third-order valence-corrected chi connectivity index (χ3v) is 2.30. The number of halogens is 1. The molecular formula is C9H8BrN3O3. The highest BCUT2D eigenvalue weighted by Crippen LogP contribution is 2.19. The molecule has 4 N–H and O–H groups in total. The van der Waals surface area contributed by atoms with Crippen LogP contribution in [0.4, 0.5) is 4.79 Å². The van der Waals surface area contributed by atoms with Gasteiger partial charge in [0, 0.05) is 10.0 Å². The van der Waals surface area contributed by atoms with E-state index >= 15 is 0 Å². The Balaban J connectivity index is 3.04. The minimum Gasteiger partial charge on any atom is -0.478 e. The highest BCUT2D eigenvalue weighted by Gasteiger charge is 2.12. The van der Waals surface area contributed by atoms with Crippen molar-refractivity contribution in [2.75, 3.05) is 0 Å². The number of amides is 2. The maximum absolute atomic E-state index is 10.9. The Morgan fingerprint density at radius 2 is 2.19 bits per heavy atom. The van der Waals surface area contributed by atoms with Crippen molar-refractivity contribution >= 4 is 34.1 Å². The van der Waals surface area contributed by atoms with Crippen molar-refractivity contribution in [2.24, 2.45) is 10.8 Å². The van der Waals surface area contributed by atoms with Crippen molar-refractivity contribution in [3.05, 3.63) is 33.8 Å². The second-order valence-electron chi connectivity index (χ2n) is 2.74. The average molecular weight is 286 g/mol. The second kappa shape index (κ2) is 5.26. The maximum atomic E-state index is 10.9. The molecule has 0 radical (unpaired) electrons. The van der Waals surface area contributed by atoms with Crippen molar-refractivity contribution in [3.8, 4) is 0 Å². The normalized spacial score (nSPS) is 10.3. The highest BCUT2D eigenvalue weighted by molar-refractivity contribution is 9.10. The van der Waals surface area contributed by atoms with E-state index in [0.717, 1.165) is 0 Å². The number of nitrogens with two attached hydrogens (primary N) is 1. The van der Waals surface area contributed by atoms with Crippen LogP contribution in [-0.2, 0) is 0 Å². The van der Waals surface area contributed by atoms with Gasteiger partial charge < -0.3 is 10.8 Å². The lowest BCUT2D eigenvalue weighted by Crippen LogP contribution is -2.24. The zero-order chi connectivity index (χ0) is 12.1. The van der Waals surface area contributed by atoms with Crippen LogP contribution in [0.1, 0.15) is 15.9 Å². The number of hydrazone groups is 1. The summed E-state index contributed by atoms with van der Waals surface area (Å²) < 4.78 is 0.433. The summed E-state index contributed by atoms with van der Waals surface area (Å²) in [6.07, 6.45) is 1.21. The van der Waals surface area contributed by atoms with Gasteiger partial charge in [0.1, 0.15) is 0 Å². The number of carboxylic acids is 1. The van der Waals surface area contributed by atoms with E-state index in [0.29, 0.717) is 10.0 Å². The van der Waals surface area contributed by atoms with E-state index < -0.39 is 12.0 Å². The van der Waals surface area contributed by atoms with E-state index in [9.17, 15) is 9.59 Å². The van der Waals surface area contributed by atoms with Gasteiger partial charge in [0.05, 0.1) is 11.8 Å². The molecule has 0 atom stereocenters. The van der Waals surface area contributed by atoms with Crippen molar-refractivity contribution in [1.82, 2.24) is 5.43 Å². The fourth-order valence-electron chi connectivity index (χ4n) is 1.04. The number of carboxylic acid groups (broad SMARTS) is 1. The molecule has 84 valence electrons. The van der Waals surface area contributed by atoms with Gasteiger partial charge in [-0.25, -0.2) is 15.0 Å². The predicted molar refractivity (Wildman–Crippen MR) is 61.4 cm³/mol. The van der Waals surface area contributed by atoms with Gasteiger partial charge in [-0.3, -0.25) is 0 Å². The van der Waals surface area contributed by atoms with Crippen molar-refractivity contribution in [2.45, 2.75) is 0 Å². The lowest BCUT2D eigenvalue weighted by Gasteiger charge is -2.02. The average Bonchev–Trinajstić information content (AvgIpc) is 2.16. The standard InChI is InChI=1S/C9H8BrN3O3/c10-6-3-1-2-5(7(6)8(14)15)4-12-13-9(11)16/h1-4H,(H,14,15)(H3,11,13,16). The molecule has 1 aromatic carbocycles. The number of aromatic carboxylic acids is 1. The van der Waals surface area contributed by atoms with Gasteiger partial charge in [0.2, 0.25) is 0 Å². The summed E-state index contributed by atoms with van der Waals surface area (Å²) in [6, 6.07) is 3.99. The van der Waals surface area contributed by atoms with Crippen molar-refractivity contribution < 1.29 is 14.7 Å². The first-order valence-corrected chi connectivity index (χ1v) is 4.92. The molecule has 2 amide bonds. The molecule has 6 nitrogen and oxygen atoms in total. The number of carbonyl (C=O) groups excluding carboxylic acids is 1. The molecule has 7 heteroatoms. The summed E-state index contributed by atoms with van der Waals surface area (Å²) in [6.45, 7) is 0. The van der Waals surface area contributed by atoms with Gasteiger partial charge in [-0.2, -0.15) is 5.10 Å². The quantitative estimate of drug-likeness (QED) is 0.573. The minimum atomic E-state index is -1.09. The third kappa shape index (κ3) is 3.06. The summed E-state index contributed by atoms with van der Waals surface area (Å²) in [4.78, 5) is 21.3. The Morgan fingerprint density at radius 1 is 1.50 bits per heavy atom. The second-order valence-corrected chi connectivity index (χ2v) is 3.60. The van der Waals surface area contributed by atoms with Crippen molar-refractivity contribution in [3.63, 3.8) is 0 Å². The van der Waals surface area contributed by atoms with Crippen LogP contribution in [0, 0.1) is 0 Å². The topological polar surface area (TPSA) is 105 Å². The predicted octanol–water partition coefficient (Wildman–Crippen LogP) is 1.15. The molecule has 0 aliphatic rings. The van der Waals surface area contributed by atoms with Crippen LogP contribution in [0.2, 0.25) is 0 Å². The molecule has 0 heterocycles. The first-order chi connectivity index (χ1) is 7.52. The lowest BCUT2D eigenvalue weighted by atomic mass is 10.1. The summed E-state index contributed by atoms with van der Waals surface area (Å²) >= 11 is 3.11. The fourth-order valence-corrected chi connectivity index (χ4v) is 1.59. The zero-order valence-corrected chi connectivity index (χ0v) is 9.56. The van der Waals surface area contributed by atoms with E-state index in [-0.39, 0.29) is 5.56 Å². The molecule has 0 saturated heterocycles. The number of carbonyl (C=O) groups is 2. The van der Waals surface area contributed by atoms with Gasteiger partial charge in [0.15, 0.2) is 0 Å². The zero-order valence-electron chi connectivity index (χ0n) is 7.98. The van der Waals surface area contributed by atoms with Gasteiger partial charge in [-0.1, -0.05) is 12.1 Å². The van der Waals surface area contributed by atoms with Crippen LogP contribution in [0.5, 0.6) is 0 Å². The van der Waals surface area contributed by atoms with E-state index in [4.69, 9.17) is 10.8 Å². The molecule has 16 heavy (non-hydrogen) atoms. The smallest absolute Gasteiger partial charge is 0.337 e. The largest absolute Gasteiger partial charge is 0.478 e. The van der Waals surface area contributed by atoms with E-state index in [2.05, 4.69) is 21.0 Å². The van der Waals surface area contributed by atoms with Crippen LogP contribution in [0.3, 0.4) is 0 Å². The Kier molecular flexibility index (Phi) is 4.01. The number of benzene rings is 1. The molecule has 0 aliphatic heterocycles. The molecule has 0 unspecified atom stereocenters. The summed E-state index contributed by atoms with van der Waals surface area (Å²) in [5, 5.41) is 12.4. The van der Waals surface area contributed by atoms with Crippen molar-refractivity contribution in [1.29, 1.82) is 0 Å². The lowest BCUT2D eigenvalue weighted by molar-refractivity contribution is 0.0695. The number of hydrogen-bond donors (Lipinski definition) is 3. The molecule has 0 spiro atoms. The highest BCUT2D eigenvalue weighted by atomic mass is 79.9. The van der Waals surface area contributed by atoms with E-state index in [1.807, 2.05) is 5.43 Å². The third-order valence-electron chi connectivity index (χ3n) is 1.64. The number of nitrogens with one attached hydrogen (secondary N) is 1. The first-order valence-electron chi connectivity index (χ1n) is 4.12. The number of nitrogens with zero attached hydrogens (tertiary/aromatic N) is 1. The molecule has 0 fully saturated rings. The molecule has 0 saturated carbocycles. The molecule has 0 bridgehead atoms. The van der Waals surface area contributed by atoms with Crippen LogP contribution in [0.15, 0.2) is 27.8 Å². The summed E-state index contributed by atoms with van der Waals surface area (Å²) in [5.74, 6) is -1.09. The van der Waals surface area contributed by atoms with E-state index in [1.165, 1.54) is 6.21 Å². The minimum absolute atomic E-state index is 0.0671. The Hall–Kier alpha value is -1.89. The maximum Gasteiger partial charge on any atom is 0.337 e. The molecular weight excluding hydrogens is 278 g/mol. The Bertz CT molecular complexity index is 459. The number of rotatable bonds is 3. The SMILES string of the molecule is NC(=O)NN=Cc1cccc(Br)c1C(=O)O. The van der Waals surface area contributed by atoms with Crippen LogP contribution in [-0.4, -0.2) is 23.3 Å². The van der Waals surface area contributed by atoms with Gasteiger partial charge in [-0.15, -0.1) is 0 Å². The van der Waals surface area contributed by atoms with Crippen LogP contribution in [0.25, 0.3) is 0 Å². The molecule has 1 aromatic rings. The molecule has 0 aliphatic carbocycles. The Morgan fingerprint density at radius 3 is 2.75 bits per heavy atom. The van der Waals surface area contributed by atoms with Gasteiger partial charge in [-0.05, 0) is 22.0 Å². The summed E-state index contributed by atoms with van der Waals surface area (Å²) in [5.41, 5.74) is 7.20. The number of primary amides is 1. The first kappa shape index (κ1) is 12.2. The molecule has 1 rings (SSSR count). The fraction of sp³-hybridized carbons (Fsp3) is 0. The molecule has 0 aromatic heterocycles. The number of hydrogen-bond acceptors (Lipinski definition) is 3. The van der Waals surface area contributed by atoms with Crippen LogP contribution >= 0.6 is 15.9 Å².